The molecule has 0 spiro atoms. The number of thioether (sulfide) groups is 1. The molecular weight excluding hydrogens is 546 g/mol. The molecule has 1 aliphatic heterocycles. The Labute approximate surface area is 244 Å². The first-order valence-electron chi connectivity index (χ1n) is 14.0. The number of carbonyl (C=O) groups excluding carboxylic acids is 1. The van der Waals surface area contributed by atoms with E-state index in [4.69, 9.17) is 23.4 Å². The van der Waals surface area contributed by atoms with Crippen molar-refractivity contribution in [3.8, 4) is 5.75 Å². The second-order valence-electron chi connectivity index (χ2n) is 11.7. The van der Waals surface area contributed by atoms with Crippen LogP contribution in [0.1, 0.15) is 79.0 Å². The van der Waals surface area contributed by atoms with E-state index in [9.17, 15) is 9.59 Å². The summed E-state index contributed by atoms with van der Waals surface area (Å²) in [5, 5.41) is 8.14. The molecule has 2 rings (SSSR count). The Hall–Kier alpha value is -2.37. The van der Waals surface area contributed by atoms with Gasteiger partial charge in [-0.15, -0.1) is 11.8 Å². The smallest absolute Gasteiger partial charge is 0.339 e. The van der Waals surface area contributed by atoms with Gasteiger partial charge in [0.05, 0.1) is 12.1 Å². The Bertz CT molecular complexity index is 1130. The Balaban J connectivity index is 1.95. The van der Waals surface area contributed by atoms with Crippen molar-refractivity contribution in [2.75, 3.05) is 25.6 Å². The van der Waals surface area contributed by atoms with Crippen molar-refractivity contribution in [3.63, 3.8) is 0 Å². The Morgan fingerprint density at radius 3 is 2.67 bits per heavy atom. The van der Waals surface area contributed by atoms with Crippen LogP contribution in [-0.2, 0) is 14.1 Å². The predicted molar refractivity (Wildman–Crippen MR) is 166 cm³/mol. The quantitative estimate of drug-likeness (QED) is 0.0791. The van der Waals surface area contributed by atoms with Gasteiger partial charge < -0.3 is 23.7 Å². The van der Waals surface area contributed by atoms with Gasteiger partial charge >= 0.3 is 5.63 Å². The molecule has 1 N–H and O–H groups in total. The van der Waals surface area contributed by atoms with Gasteiger partial charge in [-0.25, -0.2) is 4.79 Å². The first-order valence-corrected chi connectivity index (χ1v) is 17.8. The predicted octanol–water partition coefficient (Wildman–Crippen LogP) is 6.26. The minimum atomic E-state index is -1.72. The normalized spacial score (nSPS) is 18.7. The zero-order valence-corrected chi connectivity index (χ0v) is 27.2. The van der Waals surface area contributed by atoms with Crippen LogP contribution in [0.4, 0.5) is 0 Å². The van der Waals surface area contributed by atoms with Crippen LogP contribution in [0.25, 0.3) is 0 Å². The molecule has 11 heteroatoms. The van der Waals surface area contributed by atoms with Crippen molar-refractivity contribution in [2.24, 2.45) is 10.1 Å². The molecule has 0 aromatic carbocycles. The number of ether oxygens (including phenoxy) is 1. The summed E-state index contributed by atoms with van der Waals surface area (Å²) in [6, 6.07) is 2.42. The highest BCUT2D eigenvalue weighted by atomic mass is 32.2. The summed E-state index contributed by atoms with van der Waals surface area (Å²) >= 11 is 1.47. The lowest BCUT2D eigenvalue weighted by atomic mass is 10.0. The van der Waals surface area contributed by atoms with Gasteiger partial charge in [0.25, 0.3) is 0 Å². The number of aliphatic imine (C=N–C) groups is 1. The molecule has 224 valence electrons. The lowest BCUT2D eigenvalue weighted by molar-refractivity contribution is -0.125. The lowest BCUT2D eigenvalue weighted by Crippen LogP contribution is -2.45. The van der Waals surface area contributed by atoms with E-state index in [1.54, 1.807) is 19.1 Å². The largest absolute Gasteiger partial charge is 0.489 e. The summed E-state index contributed by atoms with van der Waals surface area (Å²) in [5.74, 6) is 0.946. The van der Waals surface area contributed by atoms with Crippen LogP contribution >= 0.6 is 11.8 Å². The third kappa shape index (κ3) is 9.92. The molecule has 1 amide bonds. The molecule has 0 radical (unpaired) electrons. The molecule has 0 bridgehead atoms. The lowest BCUT2D eigenvalue weighted by Gasteiger charge is -2.36. The molecule has 1 aromatic rings. The van der Waals surface area contributed by atoms with Crippen LogP contribution in [0.15, 0.2) is 44.1 Å². The minimum absolute atomic E-state index is 0.202. The number of amides is 1. The fourth-order valence-electron chi connectivity index (χ4n) is 3.56. The van der Waals surface area contributed by atoms with Crippen LogP contribution in [-0.4, -0.2) is 56.1 Å². The standard InChI is InChI=1S/C29H47N3O6SSi/c1-10-14-23(24-18-22(35-15-11-2)19-25(33)38-24)30-27(34)29(7)20-39-26(31-29)21(3)32-36-16-12-13-17-37-40(8,9)28(4,5)6/h11,18-19,23H,2,10,12-17,20H2,1,3-9H3,(H,30,34)/b32-21+/t23-,29+/m1/s1. The highest BCUT2D eigenvalue weighted by Crippen LogP contribution is 2.36. The fourth-order valence-corrected chi connectivity index (χ4v) is 5.78. The second-order valence-corrected chi connectivity index (χ2v) is 17.5. The average Bonchev–Trinajstić information content (AvgIpc) is 3.29. The first kappa shape index (κ1) is 33.8. The number of oxime groups is 1. The van der Waals surface area contributed by atoms with Gasteiger partial charge in [0.1, 0.15) is 41.0 Å². The number of carbonyl (C=O) groups is 1. The van der Waals surface area contributed by atoms with E-state index in [1.807, 2.05) is 13.8 Å². The topological polar surface area (TPSA) is 112 Å². The monoisotopic (exact) mass is 593 g/mol. The number of unbranched alkanes of at least 4 members (excludes halogenated alkanes) is 1. The SMILES string of the molecule is C=CCOc1cc([C@@H](CCC)NC(=O)[C@]2(C)CSC(/C(C)=N/OCCCCO[Si](C)(C)C(C)(C)C)=N2)oc(=O)c1. The van der Waals surface area contributed by atoms with Crippen LogP contribution in [0.2, 0.25) is 18.1 Å². The van der Waals surface area contributed by atoms with Crippen LogP contribution in [0.5, 0.6) is 5.75 Å². The number of rotatable bonds is 16. The van der Waals surface area contributed by atoms with Crippen molar-refractivity contribution in [3.05, 3.63) is 41.0 Å². The zero-order chi connectivity index (χ0) is 30.0. The van der Waals surface area contributed by atoms with Crippen molar-refractivity contribution in [1.29, 1.82) is 0 Å². The molecule has 1 aliphatic rings. The Kier molecular flexibility index (Phi) is 12.7. The molecule has 0 fully saturated rings. The zero-order valence-electron chi connectivity index (χ0n) is 25.4. The summed E-state index contributed by atoms with van der Waals surface area (Å²) in [4.78, 5) is 35.7. The van der Waals surface area contributed by atoms with Gasteiger partial charge in [-0.3, -0.25) is 9.79 Å². The maximum absolute atomic E-state index is 13.4. The average molecular weight is 594 g/mol. The summed E-state index contributed by atoms with van der Waals surface area (Å²) < 4.78 is 17.1. The van der Waals surface area contributed by atoms with E-state index in [-0.39, 0.29) is 17.6 Å². The summed E-state index contributed by atoms with van der Waals surface area (Å²) in [6.45, 7) is 22.0. The second kappa shape index (κ2) is 15.0. The molecule has 0 unspecified atom stereocenters. The molecule has 0 saturated carbocycles. The molecule has 0 aliphatic carbocycles. The van der Waals surface area contributed by atoms with Gasteiger partial charge in [0, 0.05) is 18.4 Å². The maximum atomic E-state index is 13.4. The Morgan fingerprint density at radius 1 is 1.32 bits per heavy atom. The molecule has 2 atom stereocenters. The highest BCUT2D eigenvalue weighted by Gasteiger charge is 2.40. The van der Waals surface area contributed by atoms with E-state index < -0.39 is 25.5 Å². The van der Waals surface area contributed by atoms with Gasteiger partial charge in [0.15, 0.2) is 8.32 Å². The summed E-state index contributed by atoms with van der Waals surface area (Å²) in [7, 11) is -1.72. The molecule has 40 heavy (non-hydrogen) atoms. The third-order valence-electron chi connectivity index (χ3n) is 7.09. The van der Waals surface area contributed by atoms with Crippen molar-refractivity contribution < 1.29 is 23.2 Å². The van der Waals surface area contributed by atoms with Crippen LogP contribution < -0.4 is 15.7 Å². The van der Waals surface area contributed by atoms with Crippen molar-refractivity contribution in [1.82, 2.24) is 5.32 Å². The Morgan fingerprint density at radius 2 is 2.02 bits per heavy atom. The maximum Gasteiger partial charge on any atom is 0.339 e. The van der Waals surface area contributed by atoms with E-state index >= 15 is 0 Å². The minimum Gasteiger partial charge on any atom is -0.489 e. The summed E-state index contributed by atoms with van der Waals surface area (Å²) in [6.07, 6.45) is 4.72. The van der Waals surface area contributed by atoms with Gasteiger partial charge in [0.2, 0.25) is 5.91 Å². The molecule has 1 aromatic heterocycles. The molecule has 2 heterocycles. The van der Waals surface area contributed by atoms with E-state index in [1.165, 1.54) is 17.8 Å². The first-order chi connectivity index (χ1) is 18.7. The van der Waals surface area contributed by atoms with E-state index in [2.05, 4.69) is 50.9 Å². The van der Waals surface area contributed by atoms with Crippen LogP contribution in [0, 0.1) is 0 Å². The van der Waals surface area contributed by atoms with E-state index in [0.717, 1.165) is 25.9 Å². The number of nitrogens with zero attached hydrogens (tertiary/aromatic N) is 2. The number of nitrogens with one attached hydrogen (secondary N) is 1. The molecule has 0 saturated heterocycles. The van der Waals surface area contributed by atoms with Gasteiger partial charge in [-0.1, -0.05) is 51.9 Å². The van der Waals surface area contributed by atoms with Crippen LogP contribution in [0.3, 0.4) is 0 Å². The fraction of sp³-hybridized carbons (Fsp3) is 0.655. The highest BCUT2D eigenvalue weighted by molar-refractivity contribution is 8.16. The number of hydrogen-bond acceptors (Lipinski definition) is 9. The van der Waals surface area contributed by atoms with Crippen molar-refractivity contribution >= 4 is 36.7 Å². The molecular formula is C29H47N3O6SSi. The summed E-state index contributed by atoms with van der Waals surface area (Å²) in [5.41, 5.74) is -0.881. The van der Waals surface area contributed by atoms with Crippen molar-refractivity contribution in [2.45, 2.75) is 96.9 Å². The third-order valence-corrected chi connectivity index (χ3v) is 13.0. The molecule has 9 nitrogen and oxygen atoms in total. The van der Waals surface area contributed by atoms with Gasteiger partial charge in [-0.2, -0.15) is 0 Å². The van der Waals surface area contributed by atoms with E-state index in [0.29, 0.717) is 41.0 Å². The number of hydrogen-bond donors (Lipinski definition) is 1. The van der Waals surface area contributed by atoms with Gasteiger partial charge in [-0.05, 0) is 51.2 Å².